The molecule has 3 N–H and O–H groups in total. The number of aromatic nitrogens is 4. The number of rotatable bonds is 2. The number of carbonyl (C=O) groups excluding carboxylic acids is 1. The first kappa shape index (κ1) is 34.2. The van der Waals surface area contributed by atoms with Crippen molar-refractivity contribution in [3.63, 3.8) is 0 Å². The number of benzene rings is 2. The molecule has 15 nitrogen and oxygen atoms in total. The van der Waals surface area contributed by atoms with Crippen LogP contribution in [-0.4, -0.2) is 92.6 Å². The Bertz CT molecular complexity index is 1760. The van der Waals surface area contributed by atoms with Crippen LogP contribution in [0.25, 0.3) is 21.9 Å². The fraction of sp³-hybridized carbons (Fsp3) is 0.500. The Morgan fingerprint density at radius 1 is 1.00 bits per heavy atom. The van der Waals surface area contributed by atoms with Crippen molar-refractivity contribution in [3.05, 3.63) is 55.1 Å². The SMILES string of the molecule is C[C@H]1NP(=O)(Oc2cccc3ccccc23)OC[C@H]2O[C@@H](n3cnc4c(ncnc43)OCCCCCOCCCOC1=O)[C@](C)(O)[C@@H]2O. The Hall–Kier alpha value is -3.69. The van der Waals surface area contributed by atoms with Crippen molar-refractivity contribution in [1.29, 1.82) is 0 Å². The van der Waals surface area contributed by atoms with Gasteiger partial charge in [-0.3, -0.25) is 13.9 Å². The van der Waals surface area contributed by atoms with E-state index in [0.29, 0.717) is 42.8 Å². The van der Waals surface area contributed by atoms with Crippen LogP contribution in [0.4, 0.5) is 0 Å². The maximum Gasteiger partial charge on any atom is 0.459 e. The van der Waals surface area contributed by atoms with Crippen LogP contribution in [0.5, 0.6) is 11.6 Å². The number of aliphatic hydroxyl groups excluding tert-OH is 1. The number of cyclic esters (lactones) is 1. The van der Waals surface area contributed by atoms with E-state index in [4.69, 9.17) is 28.0 Å². The normalized spacial score (nSPS) is 30.0. The molecule has 0 saturated carbocycles. The average Bonchev–Trinajstić information content (AvgIpc) is 3.60. The van der Waals surface area contributed by atoms with Gasteiger partial charge >= 0.3 is 13.7 Å². The van der Waals surface area contributed by atoms with Crippen LogP contribution < -0.4 is 14.3 Å². The van der Waals surface area contributed by atoms with Crippen molar-refractivity contribution in [1.82, 2.24) is 24.6 Å². The molecule has 1 unspecified atom stereocenters. The lowest BCUT2D eigenvalue weighted by molar-refractivity contribution is -0.145. The Balaban J connectivity index is 1.28. The maximum atomic E-state index is 14.4. The van der Waals surface area contributed by atoms with E-state index in [2.05, 4.69) is 20.0 Å². The summed E-state index contributed by atoms with van der Waals surface area (Å²) < 4.78 is 50.8. The van der Waals surface area contributed by atoms with Crippen LogP contribution in [0.15, 0.2) is 55.1 Å². The van der Waals surface area contributed by atoms with Crippen LogP contribution >= 0.6 is 7.75 Å². The van der Waals surface area contributed by atoms with Crippen molar-refractivity contribution in [2.24, 2.45) is 0 Å². The lowest BCUT2D eigenvalue weighted by Gasteiger charge is -2.27. The highest BCUT2D eigenvalue weighted by Gasteiger charge is 2.54. The molecule has 1 saturated heterocycles. The minimum atomic E-state index is -4.36. The van der Waals surface area contributed by atoms with Gasteiger partial charge in [-0.15, -0.1) is 0 Å². The molecule has 2 aliphatic rings. The highest BCUT2D eigenvalue weighted by atomic mass is 31.2. The molecular formula is C32H40N5O10P. The number of nitrogens with zero attached hydrogens (tertiary/aromatic N) is 4. The number of hydrogen-bond donors (Lipinski definition) is 3. The minimum Gasteiger partial charge on any atom is -0.476 e. The molecule has 2 aromatic heterocycles. The molecule has 258 valence electrons. The zero-order valence-corrected chi connectivity index (χ0v) is 27.7. The number of imidazole rings is 1. The third kappa shape index (κ3) is 7.47. The predicted molar refractivity (Wildman–Crippen MR) is 172 cm³/mol. The summed E-state index contributed by atoms with van der Waals surface area (Å²) in [5.41, 5.74) is -1.17. The summed E-state index contributed by atoms with van der Waals surface area (Å²) in [6.07, 6.45) is 1.83. The first-order valence-electron chi connectivity index (χ1n) is 16.0. The summed E-state index contributed by atoms with van der Waals surface area (Å²) in [6.45, 7) is 3.87. The summed E-state index contributed by atoms with van der Waals surface area (Å²) in [7, 11) is -4.36. The van der Waals surface area contributed by atoms with E-state index in [-0.39, 0.29) is 18.2 Å². The van der Waals surface area contributed by atoms with Crippen molar-refractivity contribution >= 4 is 35.7 Å². The molecule has 1 fully saturated rings. The molecule has 16 heteroatoms. The number of nitrogens with one attached hydrogen (secondary N) is 1. The van der Waals surface area contributed by atoms with Crippen molar-refractivity contribution < 1.29 is 47.6 Å². The monoisotopic (exact) mass is 685 g/mol. The van der Waals surface area contributed by atoms with Gasteiger partial charge in [-0.25, -0.2) is 14.5 Å². The van der Waals surface area contributed by atoms with Crippen LogP contribution in [0, 0.1) is 0 Å². The van der Waals surface area contributed by atoms with E-state index < -0.39 is 50.4 Å². The number of ether oxygens (including phenoxy) is 4. The number of aliphatic hydroxyl groups is 2. The van der Waals surface area contributed by atoms with Crippen LogP contribution in [-0.2, 0) is 28.1 Å². The summed E-state index contributed by atoms with van der Waals surface area (Å²) in [5.74, 6) is -0.137. The van der Waals surface area contributed by atoms with Gasteiger partial charge in [0.15, 0.2) is 17.4 Å². The molecule has 4 aromatic rings. The van der Waals surface area contributed by atoms with E-state index in [0.717, 1.165) is 24.6 Å². The molecule has 6 rings (SSSR count). The number of esters is 1. The molecule has 2 aliphatic heterocycles. The first-order valence-corrected chi connectivity index (χ1v) is 17.5. The quantitative estimate of drug-likeness (QED) is 0.205. The van der Waals surface area contributed by atoms with Gasteiger partial charge in [-0.2, -0.15) is 10.1 Å². The van der Waals surface area contributed by atoms with Crippen molar-refractivity contribution in [3.8, 4) is 11.6 Å². The zero-order chi connectivity index (χ0) is 33.7. The third-order valence-corrected chi connectivity index (χ3v) is 9.89. The lowest BCUT2D eigenvalue weighted by atomic mass is 9.96. The van der Waals surface area contributed by atoms with E-state index in [9.17, 15) is 19.6 Å². The molecule has 0 spiro atoms. The van der Waals surface area contributed by atoms with Crippen molar-refractivity contribution in [2.75, 3.05) is 33.0 Å². The second-order valence-corrected chi connectivity index (χ2v) is 13.6. The Morgan fingerprint density at radius 3 is 2.65 bits per heavy atom. The van der Waals surface area contributed by atoms with E-state index >= 15 is 0 Å². The molecular weight excluding hydrogens is 645 g/mol. The molecule has 2 aromatic carbocycles. The van der Waals surface area contributed by atoms with E-state index in [1.165, 1.54) is 31.1 Å². The Morgan fingerprint density at radius 2 is 1.77 bits per heavy atom. The van der Waals surface area contributed by atoms with Gasteiger partial charge in [0.2, 0.25) is 5.88 Å². The highest BCUT2D eigenvalue weighted by molar-refractivity contribution is 7.52. The fourth-order valence-electron chi connectivity index (χ4n) is 5.65. The molecule has 6 bridgehead atoms. The fourth-order valence-corrected chi connectivity index (χ4v) is 7.18. The highest BCUT2D eigenvalue weighted by Crippen LogP contribution is 2.48. The second kappa shape index (κ2) is 14.8. The van der Waals surface area contributed by atoms with Gasteiger partial charge in [-0.1, -0.05) is 36.4 Å². The Kier molecular flexibility index (Phi) is 10.6. The molecule has 6 atom stereocenters. The minimum absolute atomic E-state index is 0.106. The molecule has 0 amide bonds. The maximum absolute atomic E-state index is 14.4. The first-order chi connectivity index (χ1) is 23.2. The van der Waals surface area contributed by atoms with Crippen LogP contribution in [0.3, 0.4) is 0 Å². The Labute approximate surface area is 277 Å². The molecule has 48 heavy (non-hydrogen) atoms. The number of carbonyl (C=O) groups is 1. The van der Waals surface area contributed by atoms with Crippen molar-refractivity contribution in [2.45, 2.75) is 69.6 Å². The predicted octanol–water partition coefficient (Wildman–Crippen LogP) is 3.68. The summed E-state index contributed by atoms with van der Waals surface area (Å²) in [5, 5.41) is 26.9. The largest absolute Gasteiger partial charge is 0.476 e. The average molecular weight is 686 g/mol. The van der Waals surface area contributed by atoms with Gasteiger partial charge in [0.25, 0.3) is 0 Å². The topological polar surface area (TPSA) is 186 Å². The third-order valence-electron chi connectivity index (χ3n) is 8.26. The van der Waals surface area contributed by atoms with Gasteiger partial charge < -0.3 is 33.7 Å². The molecule has 4 heterocycles. The van der Waals surface area contributed by atoms with Crippen LogP contribution in [0.2, 0.25) is 0 Å². The van der Waals surface area contributed by atoms with Gasteiger partial charge in [-0.05, 0) is 44.6 Å². The smallest absolute Gasteiger partial charge is 0.459 e. The van der Waals surface area contributed by atoms with Gasteiger partial charge in [0.05, 0.1) is 26.1 Å². The second-order valence-electron chi connectivity index (χ2n) is 12.0. The lowest BCUT2D eigenvalue weighted by Crippen LogP contribution is -2.44. The van der Waals surface area contributed by atoms with E-state index in [1.807, 2.05) is 24.3 Å². The van der Waals surface area contributed by atoms with Gasteiger partial charge in [0.1, 0.15) is 35.9 Å². The van der Waals surface area contributed by atoms with Gasteiger partial charge in [0, 0.05) is 25.0 Å². The van der Waals surface area contributed by atoms with Crippen LogP contribution in [0.1, 0.15) is 45.8 Å². The van der Waals surface area contributed by atoms with E-state index in [1.54, 1.807) is 18.2 Å². The molecule has 0 radical (unpaired) electrons. The summed E-state index contributed by atoms with van der Waals surface area (Å²) in [4.78, 5) is 25.9. The summed E-state index contributed by atoms with van der Waals surface area (Å²) >= 11 is 0. The number of fused-ring (bicyclic) bond motifs is 4. The standard InChI is InChI=1S/C32H40N5O10P/c1-21-30(39)44-17-9-15-42-14-6-3-7-16-43-29-26-28(33-19-34-29)37(20-35-26)31-32(2,40)27(38)25(46-31)18-45-48(41,36-21)47-24-13-8-11-22-10-4-5-12-23(22)24/h4-5,8,10-13,19-21,25,27,31,38,40H,3,6-7,9,14-18H2,1-2H3,(H,36,41)/t21-,25-,27-,31-,32-,48?/m1/s1. The zero-order valence-electron chi connectivity index (χ0n) is 26.8. The summed E-state index contributed by atoms with van der Waals surface area (Å²) in [6, 6.07) is 11.5. The number of hydrogen-bond acceptors (Lipinski definition) is 13. The molecule has 0 aliphatic carbocycles.